The van der Waals surface area contributed by atoms with Crippen LogP contribution >= 0.6 is 12.6 Å². The van der Waals surface area contributed by atoms with Crippen LogP contribution in [0, 0.1) is 11.3 Å². The number of piperazine rings is 1. The van der Waals surface area contributed by atoms with Crippen molar-refractivity contribution in [1.82, 2.24) is 9.80 Å². The molecule has 3 nitrogen and oxygen atoms in total. The van der Waals surface area contributed by atoms with Gasteiger partial charge in [-0.3, -0.25) is 4.90 Å². The molecule has 0 unspecified atom stereocenters. The molecule has 2 rings (SSSR count). The predicted molar refractivity (Wildman–Crippen MR) is 93.2 cm³/mol. The molecule has 1 aliphatic carbocycles. The zero-order valence-corrected chi connectivity index (χ0v) is 15.2. The SMILES string of the molecule is C[C@@H]1C[C@H](OC[C@H](S)CN2CCN(C)CC2)CC(C)(C)C1. The summed E-state index contributed by atoms with van der Waals surface area (Å²) in [6, 6.07) is 0. The molecule has 1 saturated carbocycles. The van der Waals surface area contributed by atoms with Crippen molar-refractivity contribution in [3.63, 3.8) is 0 Å². The molecule has 3 atom stereocenters. The lowest BCUT2D eigenvalue weighted by atomic mass is 9.71. The summed E-state index contributed by atoms with van der Waals surface area (Å²) in [4.78, 5) is 4.92. The molecule has 0 radical (unpaired) electrons. The topological polar surface area (TPSA) is 15.7 Å². The van der Waals surface area contributed by atoms with Gasteiger partial charge >= 0.3 is 0 Å². The Labute approximate surface area is 136 Å². The van der Waals surface area contributed by atoms with Crippen molar-refractivity contribution in [1.29, 1.82) is 0 Å². The van der Waals surface area contributed by atoms with Gasteiger partial charge in [0.1, 0.15) is 0 Å². The minimum atomic E-state index is 0.341. The van der Waals surface area contributed by atoms with Gasteiger partial charge in [-0.15, -0.1) is 0 Å². The van der Waals surface area contributed by atoms with Crippen molar-refractivity contribution >= 4 is 12.6 Å². The Bertz CT molecular complexity index is 316. The molecule has 124 valence electrons. The second kappa shape index (κ2) is 7.67. The molecular formula is C17H34N2OS. The van der Waals surface area contributed by atoms with E-state index in [0.29, 0.717) is 16.8 Å². The third kappa shape index (κ3) is 6.09. The number of ether oxygens (including phenoxy) is 1. The van der Waals surface area contributed by atoms with Crippen LogP contribution in [0.5, 0.6) is 0 Å². The average molecular weight is 315 g/mol. The minimum absolute atomic E-state index is 0.341. The highest BCUT2D eigenvalue weighted by Crippen LogP contribution is 2.39. The van der Waals surface area contributed by atoms with Crippen molar-refractivity contribution in [2.75, 3.05) is 46.4 Å². The summed E-state index contributed by atoms with van der Waals surface area (Å²) in [6.07, 6.45) is 4.19. The van der Waals surface area contributed by atoms with Crippen LogP contribution < -0.4 is 0 Å². The van der Waals surface area contributed by atoms with Crippen LogP contribution in [0.1, 0.15) is 40.0 Å². The highest BCUT2D eigenvalue weighted by atomic mass is 32.1. The largest absolute Gasteiger partial charge is 0.377 e. The molecule has 1 heterocycles. The quantitative estimate of drug-likeness (QED) is 0.786. The number of hydrogen-bond donors (Lipinski definition) is 1. The summed E-state index contributed by atoms with van der Waals surface area (Å²) in [6.45, 7) is 13.7. The van der Waals surface area contributed by atoms with E-state index in [-0.39, 0.29) is 0 Å². The maximum atomic E-state index is 6.20. The molecule has 0 aromatic carbocycles. The van der Waals surface area contributed by atoms with Gasteiger partial charge in [-0.2, -0.15) is 12.6 Å². The summed E-state index contributed by atoms with van der Waals surface area (Å²) >= 11 is 4.75. The first kappa shape index (κ1) is 17.6. The molecule has 1 saturated heterocycles. The van der Waals surface area contributed by atoms with Gasteiger partial charge in [0.05, 0.1) is 12.7 Å². The van der Waals surface area contributed by atoms with E-state index in [9.17, 15) is 0 Å². The average Bonchev–Trinajstić information content (AvgIpc) is 2.37. The van der Waals surface area contributed by atoms with Crippen LogP contribution in [0.2, 0.25) is 0 Å². The van der Waals surface area contributed by atoms with Crippen LogP contribution in [0.4, 0.5) is 0 Å². The maximum absolute atomic E-state index is 6.20. The van der Waals surface area contributed by atoms with E-state index in [1.165, 1.54) is 45.4 Å². The Balaban J connectivity index is 1.67. The third-order valence-electron chi connectivity index (χ3n) is 4.94. The number of thiol groups is 1. The van der Waals surface area contributed by atoms with Crippen molar-refractivity contribution in [3.05, 3.63) is 0 Å². The fourth-order valence-corrected chi connectivity index (χ4v) is 4.33. The second-order valence-electron chi connectivity index (χ2n) is 8.13. The van der Waals surface area contributed by atoms with E-state index < -0.39 is 0 Å². The lowest BCUT2D eigenvalue weighted by Gasteiger charge is -2.39. The molecule has 21 heavy (non-hydrogen) atoms. The van der Waals surface area contributed by atoms with Crippen LogP contribution in [0.3, 0.4) is 0 Å². The van der Waals surface area contributed by atoms with Gasteiger partial charge in [0.25, 0.3) is 0 Å². The number of nitrogens with zero attached hydrogens (tertiary/aromatic N) is 2. The number of likely N-dealkylation sites (N-methyl/N-ethyl adjacent to an activating group) is 1. The number of hydrogen-bond acceptors (Lipinski definition) is 4. The Morgan fingerprint density at radius 2 is 1.86 bits per heavy atom. The van der Waals surface area contributed by atoms with Gasteiger partial charge < -0.3 is 9.64 Å². The van der Waals surface area contributed by atoms with Gasteiger partial charge in [0, 0.05) is 38.0 Å². The highest BCUT2D eigenvalue weighted by molar-refractivity contribution is 7.81. The molecule has 1 aliphatic heterocycles. The summed E-state index contributed by atoms with van der Waals surface area (Å²) in [5.41, 5.74) is 0.436. The molecule has 0 bridgehead atoms. The van der Waals surface area contributed by atoms with Gasteiger partial charge in [0.15, 0.2) is 0 Å². The van der Waals surface area contributed by atoms with Crippen molar-refractivity contribution in [2.45, 2.75) is 51.4 Å². The van der Waals surface area contributed by atoms with Crippen LogP contribution in [-0.4, -0.2) is 67.5 Å². The summed E-state index contributed by atoms with van der Waals surface area (Å²) in [7, 11) is 2.20. The zero-order valence-electron chi connectivity index (χ0n) is 14.3. The van der Waals surface area contributed by atoms with Gasteiger partial charge in [0.2, 0.25) is 0 Å². The molecular weight excluding hydrogens is 280 g/mol. The van der Waals surface area contributed by atoms with Crippen LogP contribution in [0.25, 0.3) is 0 Å². The summed E-state index contributed by atoms with van der Waals surface area (Å²) < 4.78 is 6.20. The Hall–Kier alpha value is 0.230. The predicted octanol–water partition coefficient (Wildman–Crippen LogP) is 2.76. The van der Waals surface area contributed by atoms with E-state index in [1.807, 2.05) is 0 Å². The molecule has 0 aromatic rings. The minimum Gasteiger partial charge on any atom is -0.377 e. The van der Waals surface area contributed by atoms with E-state index >= 15 is 0 Å². The van der Waals surface area contributed by atoms with E-state index in [4.69, 9.17) is 17.4 Å². The fourth-order valence-electron chi connectivity index (χ4n) is 4.01. The van der Waals surface area contributed by atoms with Crippen LogP contribution in [0.15, 0.2) is 0 Å². The zero-order chi connectivity index (χ0) is 15.5. The third-order valence-corrected chi connectivity index (χ3v) is 5.25. The summed E-state index contributed by atoms with van der Waals surface area (Å²) in [5, 5.41) is 0.341. The monoisotopic (exact) mass is 314 g/mol. The molecule has 4 heteroatoms. The second-order valence-corrected chi connectivity index (χ2v) is 8.86. The van der Waals surface area contributed by atoms with Crippen molar-refractivity contribution < 1.29 is 4.74 Å². The fraction of sp³-hybridized carbons (Fsp3) is 1.00. The van der Waals surface area contributed by atoms with E-state index in [2.05, 4.69) is 37.6 Å². The smallest absolute Gasteiger partial charge is 0.0598 e. The summed E-state index contributed by atoms with van der Waals surface area (Å²) in [5.74, 6) is 0.787. The van der Waals surface area contributed by atoms with Gasteiger partial charge in [-0.25, -0.2) is 0 Å². The number of rotatable bonds is 5. The highest BCUT2D eigenvalue weighted by Gasteiger charge is 2.32. The standard InChI is InChI=1S/C17H34N2OS/c1-14-9-15(11-17(2,3)10-14)20-13-16(21)12-19-7-5-18(4)6-8-19/h14-16,21H,5-13H2,1-4H3/t14-,15+,16-/m1/s1. The molecule has 0 N–H and O–H groups in total. The maximum Gasteiger partial charge on any atom is 0.0598 e. The normalized spacial score (nSPS) is 33.0. The van der Waals surface area contributed by atoms with E-state index in [1.54, 1.807) is 0 Å². The van der Waals surface area contributed by atoms with Crippen molar-refractivity contribution in [2.24, 2.45) is 11.3 Å². The molecule has 0 amide bonds. The molecule has 0 spiro atoms. The molecule has 2 aliphatic rings. The van der Waals surface area contributed by atoms with Crippen LogP contribution in [-0.2, 0) is 4.74 Å². The van der Waals surface area contributed by atoms with Crippen molar-refractivity contribution in [3.8, 4) is 0 Å². The molecule has 2 fully saturated rings. The first-order valence-electron chi connectivity index (χ1n) is 8.54. The van der Waals surface area contributed by atoms with E-state index in [0.717, 1.165) is 19.1 Å². The van der Waals surface area contributed by atoms with Gasteiger partial charge in [-0.05, 0) is 37.6 Å². The lowest BCUT2D eigenvalue weighted by Crippen LogP contribution is -2.47. The Morgan fingerprint density at radius 3 is 2.48 bits per heavy atom. The lowest BCUT2D eigenvalue weighted by molar-refractivity contribution is -0.0242. The van der Waals surface area contributed by atoms with Gasteiger partial charge in [-0.1, -0.05) is 20.8 Å². The Kier molecular flexibility index (Phi) is 6.42. The Morgan fingerprint density at radius 1 is 1.19 bits per heavy atom. The first-order valence-corrected chi connectivity index (χ1v) is 9.06. The first-order chi connectivity index (χ1) is 9.84. The molecule has 0 aromatic heterocycles.